The van der Waals surface area contributed by atoms with E-state index in [0.717, 1.165) is 11.4 Å². The number of benzene rings is 1. The van der Waals surface area contributed by atoms with Crippen LogP contribution in [0.2, 0.25) is 10.0 Å². The maximum absolute atomic E-state index is 12.4. The lowest BCUT2D eigenvalue weighted by molar-refractivity contribution is 0.0723. The number of esters is 1. The van der Waals surface area contributed by atoms with Gasteiger partial charge in [0.25, 0.3) is 5.95 Å². The molecule has 0 saturated carbocycles. The summed E-state index contributed by atoms with van der Waals surface area (Å²) in [5.41, 5.74) is 2.44. The van der Waals surface area contributed by atoms with Gasteiger partial charge in [-0.15, -0.1) is 0 Å². The fourth-order valence-electron chi connectivity index (χ4n) is 2.30. The number of hydrogen-bond donors (Lipinski definition) is 0. The molecule has 0 amide bonds. The standard InChI is InChI=1S/C17H14Cl2N4O2/c1-9-6-10(2)21-17(20-9)23-15(7-11(3)22-23)25-16(24)13-5-4-12(18)8-14(13)19/h4-8H,1-3H3. The zero-order valence-electron chi connectivity index (χ0n) is 13.7. The van der Waals surface area contributed by atoms with E-state index in [0.29, 0.717) is 16.7 Å². The average Bonchev–Trinajstić information content (AvgIpc) is 2.86. The first kappa shape index (κ1) is 17.4. The van der Waals surface area contributed by atoms with Crippen LogP contribution in [0.4, 0.5) is 0 Å². The van der Waals surface area contributed by atoms with Crippen LogP contribution in [0.5, 0.6) is 5.88 Å². The Bertz CT molecular complexity index is 949. The molecule has 3 rings (SSSR count). The molecule has 6 nitrogen and oxygen atoms in total. The van der Waals surface area contributed by atoms with Crippen LogP contribution in [0.15, 0.2) is 30.3 Å². The van der Waals surface area contributed by atoms with Gasteiger partial charge < -0.3 is 4.74 Å². The van der Waals surface area contributed by atoms with E-state index in [2.05, 4.69) is 15.1 Å². The molecule has 3 aromatic rings. The summed E-state index contributed by atoms with van der Waals surface area (Å²) in [5, 5.41) is 4.95. The number of hydrogen-bond acceptors (Lipinski definition) is 5. The summed E-state index contributed by atoms with van der Waals surface area (Å²) in [5.74, 6) is -0.0821. The molecule has 0 aliphatic rings. The van der Waals surface area contributed by atoms with Crippen LogP contribution in [0.25, 0.3) is 5.95 Å². The summed E-state index contributed by atoms with van der Waals surface area (Å²) in [7, 11) is 0. The third-order valence-electron chi connectivity index (χ3n) is 3.31. The van der Waals surface area contributed by atoms with Crippen LogP contribution in [0.3, 0.4) is 0 Å². The zero-order valence-corrected chi connectivity index (χ0v) is 15.3. The predicted octanol–water partition coefficient (Wildman–Crippen LogP) is 4.11. The summed E-state index contributed by atoms with van der Waals surface area (Å²) >= 11 is 11.9. The zero-order chi connectivity index (χ0) is 18.1. The highest BCUT2D eigenvalue weighted by Gasteiger charge is 2.18. The minimum atomic E-state index is -0.618. The number of halogens is 2. The van der Waals surface area contributed by atoms with Gasteiger partial charge in [-0.25, -0.2) is 14.8 Å². The second kappa shape index (κ2) is 6.82. The van der Waals surface area contributed by atoms with E-state index < -0.39 is 5.97 Å². The summed E-state index contributed by atoms with van der Waals surface area (Å²) in [6.45, 7) is 5.49. The molecule has 0 bridgehead atoms. The molecular formula is C17H14Cl2N4O2. The first-order chi connectivity index (χ1) is 11.8. The van der Waals surface area contributed by atoms with Gasteiger partial charge in [-0.1, -0.05) is 23.2 Å². The molecule has 0 spiro atoms. The molecule has 0 aliphatic carbocycles. The van der Waals surface area contributed by atoms with E-state index in [1.54, 1.807) is 19.1 Å². The highest BCUT2D eigenvalue weighted by atomic mass is 35.5. The molecule has 0 fully saturated rings. The Balaban J connectivity index is 1.97. The number of ether oxygens (including phenoxy) is 1. The predicted molar refractivity (Wildman–Crippen MR) is 94.8 cm³/mol. The average molecular weight is 377 g/mol. The van der Waals surface area contributed by atoms with Crippen molar-refractivity contribution in [2.75, 3.05) is 0 Å². The molecule has 0 saturated heterocycles. The minimum Gasteiger partial charge on any atom is -0.404 e. The molecule has 0 radical (unpaired) electrons. The smallest absolute Gasteiger partial charge is 0.346 e. The first-order valence-electron chi connectivity index (χ1n) is 7.40. The molecule has 8 heteroatoms. The molecule has 0 unspecified atom stereocenters. The van der Waals surface area contributed by atoms with Crippen LogP contribution >= 0.6 is 23.2 Å². The van der Waals surface area contributed by atoms with Crippen molar-refractivity contribution in [2.45, 2.75) is 20.8 Å². The van der Waals surface area contributed by atoms with Gasteiger partial charge in [-0.3, -0.25) is 0 Å². The van der Waals surface area contributed by atoms with Crippen molar-refractivity contribution in [1.29, 1.82) is 0 Å². The third-order valence-corrected chi connectivity index (χ3v) is 3.85. The highest BCUT2D eigenvalue weighted by molar-refractivity contribution is 6.36. The van der Waals surface area contributed by atoms with Crippen LogP contribution in [0, 0.1) is 20.8 Å². The number of rotatable bonds is 3. The van der Waals surface area contributed by atoms with Gasteiger partial charge in [0.15, 0.2) is 0 Å². The summed E-state index contributed by atoms with van der Waals surface area (Å²) < 4.78 is 6.85. The molecule has 128 valence electrons. The number of nitrogens with zero attached hydrogens (tertiary/aromatic N) is 4. The van der Waals surface area contributed by atoms with Crippen LogP contribution in [-0.4, -0.2) is 25.7 Å². The Morgan fingerprint density at radius 2 is 1.68 bits per heavy atom. The molecule has 0 aliphatic heterocycles. The minimum absolute atomic E-state index is 0.206. The van der Waals surface area contributed by atoms with E-state index in [1.807, 2.05) is 19.9 Å². The summed E-state index contributed by atoms with van der Waals surface area (Å²) in [4.78, 5) is 21.1. The molecular weight excluding hydrogens is 363 g/mol. The Labute approximate surface area is 154 Å². The van der Waals surface area contributed by atoms with Gasteiger partial charge in [0, 0.05) is 22.5 Å². The fourth-order valence-corrected chi connectivity index (χ4v) is 2.78. The third kappa shape index (κ3) is 3.81. The van der Waals surface area contributed by atoms with E-state index in [9.17, 15) is 4.79 Å². The van der Waals surface area contributed by atoms with Crippen molar-refractivity contribution in [2.24, 2.45) is 0 Å². The fraction of sp³-hybridized carbons (Fsp3) is 0.176. The number of carbonyl (C=O) groups excluding carboxylic acids is 1. The largest absolute Gasteiger partial charge is 0.404 e. The van der Waals surface area contributed by atoms with Gasteiger partial charge in [-0.2, -0.15) is 9.78 Å². The van der Waals surface area contributed by atoms with Crippen LogP contribution < -0.4 is 4.74 Å². The number of aromatic nitrogens is 4. The molecule has 2 heterocycles. The molecule has 0 atom stereocenters. The van der Waals surface area contributed by atoms with Crippen molar-refractivity contribution in [3.05, 3.63) is 63.0 Å². The van der Waals surface area contributed by atoms with Crippen molar-refractivity contribution in [3.63, 3.8) is 0 Å². The van der Waals surface area contributed by atoms with Gasteiger partial charge >= 0.3 is 5.97 Å². The Morgan fingerprint density at radius 1 is 1.00 bits per heavy atom. The lowest BCUT2D eigenvalue weighted by Gasteiger charge is -2.08. The monoisotopic (exact) mass is 376 g/mol. The molecule has 25 heavy (non-hydrogen) atoms. The van der Waals surface area contributed by atoms with Crippen molar-refractivity contribution < 1.29 is 9.53 Å². The van der Waals surface area contributed by atoms with E-state index in [4.69, 9.17) is 27.9 Å². The van der Waals surface area contributed by atoms with E-state index >= 15 is 0 Å². The van der Waals surface area contributed by atoms with Gasteiger partial charge in [0.05, 0.1) is 16.3 Å². The topological polar surface area (TPSA) is 69.9 Å². The lowest BCUT2D eigenvalue weighted by atomic mass is 10.2. The van der Waals surface area contributed by atoms with E-state index in [-0.39, 0.29) is 16.5 Å². The van der Waals surface area contributed by atoms with Gasteiger partial charge in [0.2, 0.25) is 5.88 Å². The lowest BCUT2D eigenvalue weighted by Crippen LogP contribution is -2.14. The van der Waals surface area contributed by atoms with Crippen LogP contribution in [0.1, 0.15) is 27.4 Å². The van der Waals surface area contributed by atoms with Crippen molar-refractivity contribution in [1.82, 2.24) is 19.7 Å². The maximum atomic E-state index is 12.4. The first-order valence-corrected chi connectivity index (χ1v) is 8.15. The number of aryl methyl sites for hydroxylation is 3. The maximum Gasteiger partial charge on any atom is 0.346 e. The molecule has 0 N–H and O–H groups in total. The highest BCUT2D eigenvalue weighted by Crippen LogP contribution is 2.24. The Kier molecular flexibility index (Phi) is 4.74. The van der Waals surface area contributed by atoms with Gasteiger partial charge in [0.1, 0.15) is 0 Å². The Morgan fingerprint density at radius 3 is 2.32 bits per heavy atom. The van der Waals surface area contributed by atoms with Crippen molar-refractivity contribution in [3.8, 4) is 11.8 Å². The van der Waals surface area contributed by atoms with Crippen molar-refractivity contribution >= 4 is 29.2 Å². The summed E-state index contributed by atoms with van der Waals surface area (Å²) in [6.07, 6.45) is 0. The summed E-state index contributed by atoms with van der Waals surface area (Å²) in [6, 6.07) is 8.03. The second-order valence-electron chi connectivity index (χ2n) is 5.50. The molecule has 2 aromatic heterocycles. The van der Waals surface area contributed by atoms with E-state index in [1.165, 1.54) is 16.8 Å². The second-order valence-corrected chi connectivity index (χ2v) is 6.34. The van der Waals surface area contributed by atoms with Gasteiger partial charge in [-0.05, 0) is 45.0 Å². The normalized spacial score (nSPS) is 10.8. The number of carbonyl (C=O) groups is 1. The SMILES string of the molecule is Cc1cc(C)nc(-n2nc(C)cc2OC(=O)c2ccc(Cl)cc2Cl)n1. The van der Waals surface area contributed by atoms with Crippen LogP contribution in [-0.2, 0) is 0 Å². The Hall–Kier alpha value is -2.44. The quantitative estimate of drug-likeness (QED) is 0.643. The molecule has 1 aromatic carbocycles.